The number of ether oxygens (including phenoxy) is 1. The maximum absolute atomic E-state index is 12.5. The third-order valence-electron chi connectivity index (χ3n) is 4.17. The molecule has 0 spiro atoms. The van der Waals surface area contributed by atoms with Crippen LogP contribution in [0.25, 0.3) is 22.6 Å². The van der Waals surface area contributed by atoms with Gasteiger partial charge in [-0.3, -0.25) is 4.90 Å². The van der Waals surface area contributed by atoms with E-state index in [-0.39, 0.29) is 6.03 Å². The minimum atomic E-state index is -0.237. The van der Waals surface area contributed by atoms with Crippen LogP contribution >= 0.6 is 11.3 Å². The van der Waals surface area contributed by atoms with Gasteiger partial charge in [-0.1, -0.05) is 0 Å². The normalized spacial score (nSPS) is 10.7. The Kier molecular flexibility index (Phi) is 4.47. The van der Waals surface area contributed by atoms with Crippen LogP contribution in [-0.4, -0.2) is 35.1 Å². The number of methoxy groups -OCH3 is 1. The zero-order valence-electron chi connectivity index (χ0n) is 14.8. The minimum absolute atomic E-state index is 0.237. The van der Waals surface area contributed by atoms with E-state index in [1.54, 1.807) is 19.7 Å². The van der Waals surface area contributed by atoms with Crippen LogP contribution in [0.2, 0.25) is 0 Å². The highest BCUT2D eigenvalue weighted by Crippen LogP contribution is 2.24. The largest absolute Gasteiger partial charge is 0.497 e. The van der Waals surface area contributed by atoms with Gasteiger partial charge in [0.05, 0.1) is 23.7 Å². The van der Waals surface area contributed by atoms with Crippen molar-refractivity contribution in [2.75, 3.05) is 24.4 Å². The lowest BCUT2D eigenvalue weighted by molar-refractivity contribution is 0.258. The van der Waals surface area contributed by atoms with Gasteiger partial charge in [-0.25, -0.2) is 14.8 Å². The Morgan fingerprint density at radius 2 is 2.04 bits per heavy atom. The molecule has 2 amide bonds. The second-order valence-corrected chi connectivity index (χ2v) is 6.60. The first-order chi connectivity index (χ1) is 13.1. The van der Waals surface area contributed by atoms with Crippen LogP contribution in [0.3, 0.4) is 0 Å². The van der Waals surface area contributed by atoms with Crippen LogP contribution in [-0.2, 0) is 0 Å². The molecule has 0 aliphatic heterocycles. The molecule has 0 radical (unpaired) electrons. The Morgan fingerprint density at radius 1 is 1.22 bits per heavy atom. The lowest BCUT2D eigenvalue weighted by atomic mass is 10.2. The Morgan fingerprint density at radius 3 is 2.74 bits per heavy atom. The molecule has 0 bridgehead atoms. The average Bonchev–Trinajstić information content (AvgIpc) is 3.36. The number of rotatable bonds is 4. The molecule has 8 heteroatoms. The molecule has 2 N–H and O–H groups in total. The van der Waals surface area contributed by atoms with Crippen LogP contribution in [0, 0.1) is 0 Å². The molecule has 0 aliphatic carbocycles. The highest BCUT2D eigenvalue weighted by Gasteiger charge is 2.13. The molecule has 2 heterocycles. The number of H-pyrrole nitrogens is 1. The number of aromatic amines is 1. The van der Waals surface area contributed by atoms with Crippen molar-refractivity contribution < 1.29 is 9.53 Å². The summed E-state index contributed by atoms with van der Waals surface area (Å²) in [6, 6.07) is 12.6. The average molecular weight is 379 g/mol. The van der Waals surface area contributed by atoms with Crippen molar-refractivity contribution in [3.63, 3.8) is 0 Å². The van der Waals surface area contributed by atoms with Crippen molar-refractivity contribution in [3.05, 3.63) is 53.4 Å². The minimum Gasteiger partial charge on any atom is -0.497 e. The summed E-state index contributed by atoms with van der Waals surface area (Å²) in [6.45, 7) is 0. The summed E-state index contributed by atoms with van der Waals surface area (Å²) >= 11 is 1.52. The molecule has 7 nitrogen and oxygen atoms in total. The van der Waals surface area contributed by atoms with Crippen LogP contribution in [0.15, 0.2) is 53.4 Å². The summed E-state index contributed by atoms with van der Waals surface area (Å²) in [5.41, 5.74) is 5.68. The fraction of sp³-hybridized carbons (Fsp3) is 0.105. The molecule has 27 heavy (non-hydrogen) atoms. The van der Waals surface area contributed by atoms with Gasteiger partial charge < -0.3 is 15.0 Å². The zero-order chi connectivity index (χ0) is 18.8. The SMILES string of the molecule is COc1ccc(N(C)C(=O)Nc2ccc3nc(-c4cscn4)[nH]c3c2)cc1. The van der Waals surface area contributed by atoms with Gasteiger partial charge in [0, 0.05) is 23.8 Å². The highest BCUT2D eigenvalue weighted by molar-refractivity contribution is 7.07. The van der Waals surface area contributed by atoms with E-state index in [4.69, 9.17) is 4.74 Å². The lowest BCUT2D eigenvalue weighted by Gasteiger charge is -2.18. The van der Waals surface area contributed by atoms with E-state index in [9.17, 15) is 4.79 Å². The van der Waals surface area contributed by atoms with Gasteiger partial charge in [0.15, 0.2) is 5.82 Å². The number of amides is 2. The van der Waals surface area contributed by atoms with Gasteiger partial charge in [0.25, 0.3) is 0 Å². The third kappa shape index (κ3) is 3.47. The summed E-state index contributed by atoms with van der Waals surface area (Å²) in [4.78, 5) is 26.1. The number of fused-ring (bicyclic) bond motifs is 1. The second kappa shape index (κ2) is 7.08. The number of thiazole rings is 1. The summed E-state index contributed by atoms with van der Waals surface area (Å²) in [6.07, 6.45) is 0. The van der Waals surface area contributed by atoms with Gasteiger partial charge in [-0.05, 0) is 42.5 Å². The smallest absolute Gasteiger partial charge is 0.326 e. The first-order valence-corrected chi connectivity index (χ1v) is 9.15. The number of hydrogen-bond donors (Lipinski definition) is 2. The Balaban J connectivity index is 1.52. The number of imidazole rings is 1. The standard InChI is InChI=1S/C19H17N5O2S/c1-24(13-4-6-14(26-2)7-5-13)19(25)21-12-3-8-15-16(9-12)23-18(22-15)17-10-27-11-20-17/h3-11H,1-2H3,(H,21,25)(H,22,23). The summed E-state index contributed by atoms with van der Waals surface area (Å²) in [7, 11) is 3.32. The first kappa shape index (κ1) is 17.0. The number of carbonyl (C=O) groups excluding carboxylic acids is 1. The van der Waals surface area contributed by atoms with Crippen LogP contribution in [0.5, 0.6) is 5.75 Å². The van der Waals surface area contributed by atoms with Crippen molar-refractivity contribution >= 4 is 39.8 Å². The number of nitrogens with one attached hydrogen (secondary N) is 2. The molecule has 0 atom stereocenters. The van der Waals surface area contributed by atoms with Crippen LogP contribution < -0.4 is 15.0 Å². The number of nitrogens with zero attached hydrogens (tertiary/aromatic N) is 3. The Labute approximate surface area is 159 Å². The molecular formula is C19H17N5O2S. The second-order valence-electron chi connectivity index (χ2n) is 5.88. The van der Waals surface area contributed by atoms with Crippen molar-refractivity contribution in [1.29, 1.82) is 0 Å². The molecule has 0 fully saturated rings. The van der Waals surface area contributed by atoms with E-state index < -0.39 is 0 Å². The van der Waals surface area contributed by atoms with E-state index in [1.807, 2.05) is 47.8 Å². The fourth-order valence-corrected chi connectivity index (χ4v) is 3.21. The molecule has 0 aliphatic rings. The fourth-order valence-electron chi connectivity index (χ4n) is 2.67. The number of benzene rings is 2. The Bertz CT molecular complexity index is 1070. The maximum Gasteiger partial charge on any atom is 0.326 e. The lowest BCUT2D eigenvalue weighted by Crippen LogP contribution is -2.31. The quantitative estimate of drug-likeness (QED) is 0.552. The van der Waals surface area contributed by atoms with Crippen molar-refractivity contribution in [3.8, 4) is 17.3 Å². The van der Waals surface area contributed by atoms with Crippen LogP contribution in [0.4, 0.5) is 16.2 Å². The van der Waals surface area contributed by atoms with E-state index >= 15 is 0 Å². The molecule has 136 valence electrons. The van der Waals surface area contributed by atoms with Crippen molar-refractivity contribution in [2.45, 2.75) is 0 Å². The first-order valence-electron chi connectivity index (χ1n) is 8.21. The molecule has 4 aromatic rings. The molecule has 4 rings (SSSR count). The number of carbonyl (C=O) groups is 1. The van der Waals surface area contributed by atoms with Gasteiger partial charge in [0.2, 0.25) is 0 Å². The molecule has 0 saturated carbocycles. The van der Waals surface area contributed by atoms with Gasteiger partial charge >= 0.3 is 6.03 Å². The maximum atomic E-state index is 12.5. The van der Waals surface area contributed by atoms with E-state index in [2.05, 4.69) is 20.3 Å². The number of urea groups is 1. The molecule has 0 saturated heterocycles. The predicted molar refractivity (Wildman–Crippen MR) is 108 cm³/mol. The van der Waals surface area contributed by atoms with Crippen molar-refractivity contribution in [1.82, 2.24) is 15.0 Å². The monoisotopic (exact) mass is 379 g/mol. The van der Waals surface area contributed by atoms with Gasteiger partial charge in [-0.2, -0.15) is 0 Å². The van der Waals surface area contributed by atoms with E-state index in [1.165, 1.54) is 16.2 Å². The summed E-state index contributed by atoms with van der Waals surface area (Å²) < 4.78 is 5.14. The molecule has 2 aromatic carbocycles. The molecule has 2 aromatic heterocycles. The topological polar surface area (TPSA) is 83.1 Å². The molecular weight excluding hydrogens is 362 g/mol. The van der Waals surface area contributed by atoms with Crippen LogP contribution in [0.1, 0.15) is 0 Å². The zero-order valence-corrected chi connectivity index (χ0v) is 15.6. The third-order valence-corrected chi connectivity index (χ3v) is 4.76. The summed E-state index contributed by atoms with van der Waals surface area (Å²) in [5, 5.41) is 4.83. The van der Waals surface area contributed by atoms with Crippen molar-refractivity contribution in [2.24, 2.45) is 0 Å². The van der Waals surface area contributed by atoms with E-state index in [0.29, 0.717) is 11.5 Å². The number of hydrogen-bond acceptors (Lipinski definition) is 5. The Hall–Kier alpha value is -3.39. The summed E-state index contributed by atoms with van der Waals surface area (Å²) in [5.74, 6) is 1.46. The van der Waals surface area contributed by atoms with Gasteiger partial charge in [0.1, 0.15) is 11.4 Å². The van der Waals surface area contributed by atoms with E-state index in [0.717, 1.165) is 28.2 Å². The number of aromatic nitrogens is 3. The van der Waals surface area contributed by atoms with Gasteiger partial charge in [-0.15, -0.1) is 11.3 Å². The highest BCUT2D eigenvalue weighted by atomic mass is 32.1. The molecule has 0 unspecified atom stereocenters. The predicted octanol–water partition coefficient (Wildman–Crippen LogP) is 4.36. The number of anilines is 2.